The molecular weight excluding hydrogens is 810 g/mol. The number of allylic oxidation sites excluding steroid dienone is 2. The molecule has 0 unspecified atom stereocenters. The van der Waals surface area contributed by atoms with E-state index in [9.17, 15) is 14.3 Å². The molecule has 1 heterocycles. The third-order valence-electron chi connectivity index (χ3n) is 8.56. The van der Waals surface area contributed by atoms with Gasteiger partial charge < -0.3 is 5.11 Å². The van der Waals surface area contributed by atoms with Gasteiger partial charge in [-0.05, 0) is 25.7 Å². The maximum atomic E-state index is 14.8. The summed E-state index contributed by atoms with van der Waals surface area (Å²) in [4.78, 5) is 16.2. The fraction of sp³-hybridized carbons (Fsp3) is 0.450. The number of hydrogen-bond acceptors (Lipinski definition) is 3. The second kappa shape index (κ2) is 17.2. The first kappa shape index (κ1) is 39.8. The van der Waals surface area contributed by atoms with Crippen LogP contribution in [0.2, 0.25) is 17.3 Å². The van der Waals surface area contributed by atoms with Crippen LogP contribution in [0.1, 0.15) is 79.7 Å². The van der Waals surface area contributed by atoms with E-state index in [2.05, 4.69) is 85.5 Å². The van der Waals surface area contributed by atoms with Crippen LogP contribution in [0.4, 0.5) is 4.39 Å². The summed E-state index contributed by atoms with van der Waals surface area (Å²) in [5.41, 5.74) is 3.07. The van der Waals surface area contributed by atoms with Gasteiger partial charge in [-0.1, -0.05) is 27.7 Å². The fourth-order valence-corrected chi connectivity index (χ4v) is 9.31. The number of ketones is 1. The molecule has 0 aliphatic heterocycles. The Morgan fingerprint density at radius 3 is 2.09 bits per heavy atom. The second-order valence-electron chi connectivity index (χ2n) is 14.5. The van der Waals surface area contributed by atoms with Crippen molar-refractivity contribution in [1.29, 1.82) is 0 Å². The van der Waals surface area contributed by atoms with Gasteiger partial charge in [0, 0.05) is 38.0 Å². The van der Waals surface area contributed by atoms with Gasteiger partial charge in [0.05, 0.1) is 5.76 Å². The van der Waals surface area contributed by atoms with Gasteiger partial charge in [0.15, 0.2) is 5.78 Å². The maximum absolute atomic E-state index is 14.8. The van der Waals surface area contributed by atoms with Gasteiger partial charge in [0.1, 0.15) is 0 Å². The Kier molecular flexibility index (Phi) is 14.9. The van der Waals surface area contributed by atoms with E-state index in [0.29, 0.717) is 5.39 Å². The van der Waals surface area contributed by atoms with Gasteiger partial charge in [0.25, 0.3) is 0 Å². The van der Waals surface area contributed by atoms with Crippen LogP contribution >= 0.6 is 0 Å². The summed E-state index contributed by atoms with van der Waals surface area (Å²) in [6.45, 7) is 14.7. The zero-order chi connectivity index (χ0) is 33.5. The Morgan fingerprint density at radius 1 is 0.913 bits per heavy atom. The number of halogens is 1. The largest absolute Gasteiger partial charge is 0.512 e. The normalized spacial score (nSPS) is 12.3. The van der Waals surface area contributed by atoms with Crippen molar-refractivity contribution in [2.45, 2.75) is 97.8 Å². The summed E-state index contributed by atoms with van der Waals surface area (Å²) in [6, 6.07) is 20.4. The minimum absolute atomic E-state index is 0. The Bertz CT molecular complexity index is 1640. The summed E-state index contributed by atoms with van der Waals surface area (Å²) in [6.07, 6.45) is 7.17. The summed E-state index contributed by atoms with van der Waals surface area (Å²) < 4.78 is 16.2. The van der Waals surface area contributed by atoms with Gasteiger partial charge in [-0.25, -0.2) is 0 Å². The predicted molar refractivity (Wildman–Crippen MR) is 193 cm³/mol. The van der Waals surface area contributed by atoms with Gasteiger partial charge in [-0.2, -0.15) is 0 Å². The van der Waals surface area contributed by atoms with E-state index >= 15 is 0 Å². The number of aromatic nitrogens is 1. The number of aliphatic hydroxyl groups is 1. The molecular formula is C40H53FGeIrNO2-. The van der Waals surface area contributed by atoms with E-state index in [1.807, 2.05) is 39.8 Å². The van der Waals surface area contributed by atoms with Crippen molar-refractivity contribution in [2.75, 3.05) is 0 Å². The molecule has 1 radical (unpaired) electrons. The SMILES string of the molecule is CC(C)(C)Cc1ccc2c(-c3[c-]c4ccccc4[c]([Ge]([CH3])([CH3])[CH3])c3)ncc(F)c2c1.CCC(CC)C(=O)/C=C(\O)C(CC)CC.[Ir]. The summed E-state index contributed by atoms with van der Waals surface area (Å²) in [5, 5.41) is 13.6. The second-order valence-corrected chi connectivity index (χ2v) is 25.0. The van der Waals surface area contributed by atoms with Crippen LogP contribution < -0.4 is 4.40 Å². The molecule has 0 bridgehead atoms. The Labute approximate surface area is 293 Å². The molecule has 0 aliphatic carbocycles. The van der Waals surface area contributed by atoms with E-state index in [1.54, 1.807) is 0 Å². The van der Waals surface area contributed by atoms with Gasteiger partial charge >= 0.3 is 182 Å². The smallest absolute Gasteiger partial charge is 0.162 e. The van der Waals surface area contributed by atoms with Crippen LogP contribution in [-0.2, 0) is 31.3 Å². The monoisotopic (exact) mass is 865 g/mol. The Morgan fingerprint density at radius 2 is 1.52 bits per heavy atom. The van der Waals surface area contributed by atoms with E-state index in [4.69, 9.17) is 0 Å². The predicted octanol–water partition coefficient (Wildman–Crippen LogP) is 11.0. The first-order valence-electron chi connectivity index (χ1n) is 16.6. The molecule has 3 aromatic carbocycles. The van der Waals surface area contributed by atoms with Crippen LogP contribution in [-0.4, -0.2) is 29.1 Å². The maximum Gasteiger partial charge on any atom is 0.162 e. The molecule has 0 atom stereocenters. The number of pyridine rings is 1. The van der Waals surface area contributed by atoms with Crippen molar-refractivity contribution in [3.05, 3.63) is 84.0 Å². The molecule has 3 nitrogen and oxygen atoms in total. The van der Waals surface area contributed by atoms with Crippen molar-refractivity contribution < 1.29 is 34.4 Å². The standard InChI is InChI=1S/C27H29FGeN.C13H24O2.Ir/c1-27(2,3)16-18-11-12-22-23(13-18)24(28)17-30-26(22)20-14-19-9-7-8-10-21(19)25(15-20)29(4,5)6;1-5-10(6-2)12(14)9-13(15)11(7-3)8-4;/h7-13,15,17H,16H2,1-6H3;9-11,14H,5-8H2,1-4H3;/q-1;;/b;12-9-;. The number of hydrogen-bond donors (Lipinski definition) is 1. The zero-order valence-corrected chi connectivity index (χ0v) is 34.0. The molecule has 1 N–H and O–H groups in total. The topological polar surface area (TPSA) is 50.2 Å². The third kappa shape index (κ3) is 10.3. The zero-order valence-electron chi connectivity index (χ0n) is 29.5. The van der Waals surface area contributed by atoms with Crippen molar-refractivity contribution in [1.82, 2.24) is 4.98 Å². The molecule has 0 amide bonds. The number of aliphatic hydroxyl groups excluding tert-OH is 1. The van der Waals surface area contributed by atoms with E-state index in [0.717, 1.165) is 59.7 Å². The molecule has 0 spiro atoms. The molecule has 4 aromatic rings. The molecule has 6 heteroatoms. The molecule has 4 rings (SSSR count). The average Bonchev–Trinajstić information content (AvgIpc) is 2.97. The van der Waals surface area contributed by atoms with E-state index in [-0.39, 0.29) is 54.7 Å². The first-order valence-corrected chi connectivity index (χ1v) is 23.9. The van der Waals surface area contributed by atoms with Crippen molar-refractivity contribution >= 4 is 45.0 Å². The number of carbonyl (C=O) groups excluding carboxylic acids is 1. The quantitative estimate of drug-likeness (QED) is 0.0748. The van der Waals surface area contributed by atoms with Crippen LogP contribution in [0.25, 0.3) is 32.8 Å². The molecule has 251 valence electrons. The Hall–Kier alpha value is -2.34. The number of rotatable bonds is 10. The number of carbonyl (C=O) groups is 1. The van der Waals surface area contributed by atoms with Crippen molar-refractivity contribution in [3.8, 4) is 11.3 Å². The van der Waals surface area contributed by atoms with Gasteiger partial charge in [-0.15, -0.1) is 0 Å². The summed E-state index contributed by atoms with van der Waals surface area (Å²) in [5.74, 6) is 7.49. The number of benzene rings is 3. The molecule has 0 saturated carbocycles. The van der Waals surface area contributed by atoms with Gasteiger partial charge in [-0.3, -0.25) is 4.79 Å². The molecule has 0 saturated heterocycles. The van der Waals surface area contributed by atoms with Crippen LogP contribution in [0, 0.1) is 29.1 Å². The van der Waals surface area contributed by atoms with Gasteiger partial charge in [0.2, 0.25) is 0 Å². The minimum atomic E-state index is -2.15. The van der Waals surface area contributed by atoms with Crippen LogP contribution in [0.3, 0.4) is 0 Å². The number of nitrogens with zero attached hydrogens (tertiary/aromatic N) is 1. The van der Waals surface area contributed by atoms with Crippen LogP contribution in [0.15, 0.2) is 66.6 Å². The molecule has 0 fully saturated rings. The van der Waals surface area contributed by atoms with Crippen molar-refractivity contribution in [3.63, 3.8) is 0 Å². The number of fused-ring (bicyclic) bond motifs is 2. The molecule has 0 aliphatic rings. The molecule has 46 heavy (non-hydrogen) atoms. The summed E-state index contributed by atoms with van der Waals surface area (Å²) in [7, 11) is 0. The summed E-state index contributed by atoms with van der Waals surface area (Å²) >= 11 is -2.15. The molecule has 1 aromatic heterocycles. The fourth-order valence-electron chi connectivity index (χ4n) is 5.95. The van der Waals surface area contributed by atoms with Crippen molar-refractivity contribution in [2.24, 2.45) is 17.3 Å². The van der Waals surface area contributed by atoms with E-state index in [1.165, 1.54) is 22.1 Å². The van der Waals surface area contributed by atoms with Crippen LogP contribution in [0.5, 0.6) is 0 Å². The Balaban J connectivity index is 0.000000394. The first-order chi connectivity index (χ1) is 21.1. The van der Waals surface area contributed by atoms with E-state index < -0.39 is 13.3 Å². The minimum Gasteiger partial charge on any atom is -0.512 e. The third-order valence-corrected chi connectivity index (χ3v) is 12.8. The average molecular weight is 864 g/mol.